The zero-order valence-corrected chi connectivity index (χ0v) is 12.1. The summed E-state index contributed by atoms with van der Waals surface area (Å²) in [5, 5.41) is 6.20. The Balaban J connectivity index is 1.64. The lowest BCUT2D eigenvalue weighted by molar-refractivity contribution is -0.138. The van der Waals surface area contributed by atoms with Crippen LogP contribution in [0.5, 0.6) is 0 Å². The molecule has 3 rings (SSSR count). The van der Waals surface area contributed by atoms with Crippen molar-refractivity contribution in [1.82, 2.24) is 15.1 Å². The van der Waals surface area contributed by atoms with Crippen LogP contribution < -0.4 is 4.90 Å². The van der Waals surface area contributed by atoms with Gasteiger partial charge in [-0.2, -0.15) is 13.2 Å². The number of aromatic nitrogens is 2. The van der Waals surface area contributed by atoms with Crippen molar-refractivity contribution in [2.75, 3.05) is 31.1 Å². The lowest BCUT2D eigenvalue weighted by atomic mass is 10.3. The van der Waals surface area contributed by atoms with Crippen molar-refractivity contribution in [1.29, 1.82) is 0 Å². The molecule has 1 saturated heterocycles. The first-order chi connectivity index (χ1) is 9.95. The molecule has 2 heterocycles. The number of hydrogen-bond donors (Lipinski definition) is 0. The van der Waals surface area contributed by atoms with Crippen LogP contribution in [-0.4, -0.2) is 47.2 Å². The number of carbonyl (C=O) groups is 1. The number of halogens is 3. The predicted molar refractivity (Wildman–Crippen MR) is 71.0 cm³/mol. The Bertz CT molecular complexity index is 529. The van der Waals surface area contributed by atoms with Crippen LogP contribution in [0.15, 0.2) is 0 Å². The van der Waals surface area contributed by atoms with Crippen molar-refractivity contribution in [2.45, 2.75) is 25.4 Å². The third-order valence-electron chi connectivity index (χ3n) is 3.66. The third-order valence-corrected chi connectivity index (χ3v) is 4.69. The Morgan fingerprint density at radius 2 is 1.90 bits per heavy atom. The minimum atomic E-state index is -4.45. The Labute approximate surface area is 123 Å². The van der Waals surface area contributed by atoms with E-state index in [0.717, 1.165) is 19.3 Å². The van der Waals surface area contributed by atoms with E-state index in [4.69, 9.17) is 0 Å². The quantitative estimate of drug-likeness (QED) is 0.836. The maximum atomic E-state index is 12.5. The van der Waals surface area contributed by atoms with Gasteiger partial charge in [0, 0.05) is 32.1 Å². The maximum absolute atomic E-state index is 12.5. The molecule has 2 aliphatic rings. The van der Waals surface area contributed by atoms with Gasteiger partial charge in [-0.05, 0) is 19.3 Å². The molecule has 0 radical (unpaired) electrons. The molecule has 9 heteroatoms. The van der Waals surface area contributed by atoms with Crippen LogP contribution in [0.3, 0.4) is 0 Å². The summed E-state index contributed by atoms with van der Waals surface area (Å²) in [6.07, 6.45) is -1.79. The summed E-state index contributed by atoms with van der Waals surface area (Å²) in [5.41, 5.74) is 0. The van der Waals surface area contributed by atoms with Crippen LogP contribution in [0.2, 0.25) is 0 Å². The van der Waals surface area contributed by atoms with E-state index < -0.39 is 11.2 Å². The van der Waals surface area contributed by atoms with Crippen molar-refractivity contribution in [3.63, 3.8) is 0 Å². The van der Waals surface area contributed by atoms with Crippen molar-refractivity contribution < 1.29 is 18.0 Å². The van der Waals surface area contributed by atoms with E-state index in [9.17, 15) is 18.0 Å². The summed E-state index contributed by atoms with van der Waals surface area (Å²) in [6, 6.07) is 0. The monoisotopic (exact) mass is 320 g/mol. The first kappa shape index (κ1) is 14.6. The molecule has 0 aromatic carbocycles. The van der Waals surface area contributed by atoms with E-state index in [-0.39, 0.29) is 17.0 Å². The van der Waals surface area contributed by atoms with E-state index in [2.05, 4.69) is 10.2 Å². The van der Waals surface area contributed by atoms with Crippen LogP contribution in [0, 0.1) is 5.92 Å². The molecule has 1 aromatic heterocycles. The second-order valence-electron chi connectivity index (χ2n) is 5.33. The molecule has 1 amide bonds. The minimum Gasteiger partial charge on any atom is -0.345 e. The number of hydrogen-bond acceptors (Lipinski definition) is 5. The number of carbonyl (C=O) groups excluding carboxylic acids is 1. The standard InChI is InChI=1S/C12H15F3N4OS/c13-12(14,15)10-16-17-11(21-10)19-5-1-4-18(6-7-19)9(20)8-2-3-8/h8H,1-7H2. The van der Waals surface area contributed by atoms with Gasteiger partial charge in [-0.25, -0.2) is 0 Å². The normalized spacial score (nSPS) is 20.5. The largest absolute Gasteiger partial charge is 0.445 e. The van der Waals surface area contributed by atoms with Crippen LogP contribution in [-0.2, 0) is 11.0 Å². The Kier molecular flexibility index (Phi) is 3.76. The average molecular weight is 320 g/mol. The number of anilines is 1. The average Bonchev–Trinajstić information content (AvgIpc) is 3.19. The maximum Gasteiger partial charge on any atom is 0.445 e. The van der Waals surface area contributed by atoms with E-state index in [0.29, 0.717) is 37.5 Å². The molecule has 0 N–H and O–H groups in total. The van der Waals surface area contributed by atoms with Crippen molar-refractivity contribution in [2.24, 2.45) is 5.92 Å². The molecule has 1 aliphatic heterocycles. The molecule has 5 nitrogen and oxygen atoms in total. The van der Waals surface area contributed by atoms with Gasteiger partial charge in [0.1, 0.15) is 0 Å². The highest BCUT2D eigenvalue weighted by Gasteiger charge is 2.37. The fourth-order valence-corrected chi connectivity index (χ4v) is 3.14. The highest BCUT2D eigenvalue weighted by atomic mass is 32.1. The van der Waals surface area contributed by atoms with Crippen molar-refractivity contribution >= 4 is 22.4 Å². The second-order valence-corrected chi connectivity index (χ2v) is 6.28. The second kappa shape index (κ2) is 5.43. The molecular formula is C12H15F3N4OS. The number of amides is 1. The van der Waals surface area contributed by atoms with Gasteiger partial charge >= 0.3 is 6.18 Å². The number of alkyl halides is 3. The summed E-state index contributed by atoms with van der Waals surface area (Å²) in [5.74, 6) is 0.361. The van der Waals surface area contributed by atoms with Gasteiger partial charge in [0.25, 0.3) is 0 Å². The predicted octanol–water partition coefficient (Wildman–Crippen LogP) is 2.01. The Morgan fingerprint density at radius 3 is 2.52 bits per heavy atom. The fraction of sp³-hybridized carbons (Fsp3) is 0.750. The summed E-state index contributed by atoms with van der Waals surface area (Å²) in [6.45, 7) is 2.30. The topological polar surface area (TPSA) is 49.3 Å². The van der Waals surface area contributed by atoms with Crippen LogP contribution in [0.1, 0.15) is 24.3 Å². The molecule has 0 bridgehead atoms. The Morgan fingerprint density at radius 1 is 1.14 bits per heavy atom. The van der Waals surface area contributed by atoms with Gasteiger partial charge in [0.2, 0.25) is 16.0 Å². The number of nitrogens with zero attached hydrogens (tertiary/aromatic N) is 4. The first-order valence-electron chi connectivity index (χ1n) is 6.89. The van der Waals surface area contributed by atoms with Gasteiger partial charge in [-0.15, -0.1) is 10.2 Å². The molecular weight excluding hydrogens is 305 g/mol. The van der Waals surface area contributed by atoms with Crippen LogP contribution in [0.25, 0.3) is 0 Å². The summed E-state index contributed by atoms with van der Waals surface area (Å²) >= 11 is 0.559. The third kappa shape index (κ3) is 3.28. The lowest BCUT2D eigenvalue weighted by Gasteiger charge is -2.21. The molecule has 21 heavy (non-hydrogen) atoms. The van der Waals surface area contributed by atoms with Crippen LogP contribution >= 0.6 is 11.3 Å². The summed E-state index contributed by atoms with van der Waals surface area (Å²) in [7, 11) is 0. The zero-order chi connectivity index (χ0) is 15.0. The molecule has 0 atom stereocenters. The minimum absolute atomic E-state index is 0.176. The fourth-order valence-electron chi connectivity index (χ4n) is 2.38. The Hall–Kier alpha value is -1.38. The molecule has 0 unspecified atom stereocenters. The highest BCUT2D eigenvalue weighted by Crippen LogP contribution is 2.35. The van der Waals surface area contributed by atoms with Gasteiger partial charge in [0.05, 0.1) is 0 Å². The number of rotatable bonds is 2. The van der Waals surface area contributed by atoms with Crippen molar-refractivity contribution in [3.8, 4) is 0 Å². The molecule has 116 valence electrons. The van der Waals surface area contributed by atoms with Gasteiger partial charge in [-0.3, -0.25) is 4.79 Å². The van der Waals surface area contributed by atoms with E-state index in [1.807, 2.05) is 4.90 Å². The molecule has 1 aromatic rings. The van der Waals surface area contributed by atoms with E-state index in [1.165, 1.54) is 0 Å². The molecule has 0 spiro atoms. The van der Waals surface area contributed by atoms with E-state index >= 15 is 0 Å². The molecule has 2 fully saturated rings. The molecule has 1 aliphatic carbocycles. The van der Waals surface area contributed by atoms with Gasteiger partial charge in [-0.1, -0.05) is 11.3 Å². The van der Waals surface area contributed by atoms with Gasteiger partial charge < -0.3 is 9.80 Å². The summed E-state index contributed by atoms with van der Waals surface area (Å²) < 4.78 is 37.6. The highest BCUT2D eigenvalue weighted by molar-refractivity contribution is 7.15. The van der Waals surface area contributed by atoms with Crippen LogP contribution in [0.4, 0.5) is 18.3 Å². The van der Waals surface area contributed by atoms with Gasteiger partial charge in [0.15, 0.2) is 0 Å². The zero-order valence-electron chi connectivity index (χ0n) is 11.3. The van der Waals surface area contributed by atoms with Crippen molar-refractivity contribution in [3.05, 3.63) is 5.01 Å². The smallest absolute Gasteiger partial charge is 0.345 e. The SMILES string of the molecule is O=C(C1CC1)N1CCCN(c2nnc(C(F)(F)F)s2)CC1. The molecule has 1 saturated carbocycles. The lowest BCUT2D eigenvalue weighted by Crippen LogP contribution is -2.36. The summed E-state index contributed by atoms with van der Waals surface area (Å²) in [4.78, 5) is 15.6. The first-order valence-corrected chi connectivity index (χ1v) is 7.71. The van der Waals surface area contributed by atoms with E-state index in [1.54, 1.807) is 4.90 Å².